The number of ether oxygens (including phenoxy) is 1. The van der Waals surface area contributed by atoms with Gasteiger partial charge >= 0.3 is 0 Å². The molecule has 0 radical (unpaired) electrons. The summed E-state index contributed by atoms with van der Waals surface area (Å²) in [5.41, 5.74) is 8.39. The molecule has 340 valence electrons. The number of aliphatic hydroxyl groups is 1. The topological polar surface area (TPSA) is 156 Å². The molecule has 0 saturated carbocycles. The highest BCUT2D eigenvalue weighted by molar-refractivity contribution is 7.13. The molecule has 3 aliphatic rings. The molecule has 2 amide bonds. The molecule has 0 spiro atoms. The van der Waals surface area contributed by atoms with Gasteiger partial charge in [0.05, 0.1) is 61.9 Å². The van der Waals surface area contributed by atoms with Gasteiger partial charge in [0.1, 0.15) is 17.8 Å². The van der Waals surface area contributed by atoms with Crippen LogP contribution in [0.5, 0.6) is 5.88 Å². The summed E-state index contributed by atoms with van der Waals surface area (Å²) in [6.45, 7) is 15.3. The molecule has 65 heavy (non-hydrogen) atoms. The van der Waals surface area contributed by atoms with Crippen molar-refractivity contribution in [2.24, 2.45) is 5.92 Å². The number of nitrogens with one attached hydrogen (secondary N) is 1. The normalized spacial score (nSPS) is 19.4. The van der Waals surface area contributed by atoms with E-state index in [1.807, 2.05) is 69.6 Å². The van der Waals surface area contributed by atoms with E-state index in [9.17, 15) is 19.5 Å². The van der Waals surface area contributed by atoms with Crippen LogP contribution in [0, 0.1) is 12.8 Å². The molecule has 3 aliphatic heterocycles. The van der Waals surface area contributed by atoms with Crippen molar-refractivity contribution in [3.8, 4) is 22.0 Å². The predicted octanol–water partition coefficient (Wildman–Crippen LogP) is 8.33. The molecule has 2 fully saturated rings. The van der Waals surface area contributed by atoms with E-state index >= 15 is 0 Å². The van der Waals surface area contributed by atoms with E-state index in [2.05, 4.69) is 62.0 Å². The van der Waals surface area contributed by atoms with Gasteiger partial charge in [-0.1, -0.05) is 67.9 Å². The first-order chi connectivity index (χ1) is 31.2. The number of hydrogen-bond donors (Lipinski definition) is 2. The van der Waals surface area contributed by atoms with Crippen LogP contribution >= 0.6 is 22.9 Å². The van der Waals surface area contributed by atoms with Crippen LogP contribution in [0.25, 0.3) is 27.0 Å². The maximum Gasteiger partial charge on any atom is 0.282 e. The largest absolute Gasteiger partial charge is 0.475 e. The number of β-amino-alcohol motifs (C(OH)–C–C–N with tert-alkyl or cyclic N) is 1. The second-order valence-corrected chi connectivity index (χ2v) is 20.0. The van der Waals surface area contributed by atoms with Gasteiger partial charge < -0.3 is 29.5 Å². The van der Waals surface area contributed by atoms with Crippen molar-refractivity contribution in [3.63, 3.8) is 0 Å². The Morgan fingerprint density at radius 1 is 1.06 bits per heavy atom. The number of hydrogen-bond acceptors (Lipinski definition) is 11. The summed E-state index contributed by atoms with van der Waals surface area (Å²) in [7, 11) is 0. The quantitative estimate of drug-likeness (QED) is 0.108. The van der Waals surface area contributed by atoms with E-state index in [1.165, 1.54) is 10.5 Å². The zero-order chi connectivity index (χ0) is 45.7. The second kappa shape index (κ2) is 18.1. The molecule has 15 heteroatoms. The van der Waals surface area contributed by atoms with Crippen molar-refractivity contribution < 1.29 is 24.0 Å². The van der Waals surface area contributed by atoms with E-state index in [-0.39, 0.29) is 42.3 Å². The predicted molar refractivity (Wildman–Crippen MR) is 252 cm³/mol. The minimum absolute atomic E-state index is 0.0560. The summed E-state index contributed by atoms with van der Waals surface area (Å²) in [5.74, 6) is 0.339. The number of piperidine rings is 1. The Labute approximate surface area is 387 Å². The molecular weight excluding hydrogens is 862 g/mol. The number of aliphatic hydroxyl groups excluding tert-OH is 1. The maximum atomic E-state index is 14.2. The Morgan fingerprint density at radius 2 is 1.83 bits per heavy atom. The van der Waals surface area contributed by atoms with E-state index < -0.39 is 23.5 Å². The summed E-state index contributed by atoms with van der Waals surface area (Å²) < 4.78 is 13.9. The fourth-order valence-electron chi connectivity index (χ4n) is 10.1. The fraction of sp³-hybridized carbons (Fsp3) is 0.440. The molecule has 3 aromatic carbocycles. The van der Waals surface area contributed by atoms with Gasteiger partial charge in [-0.25, -0.2) is 4.98 Å². The zero-order valence-electron chi connectivity index (χ0n) is 37.7. The Bertz CT molecular complexity index is 2790. The average molecular weight is 919 g/mol. The van der Waals surface area contributed by atoms with Crippen molar-refractivity contribution in [2.45, 2.75) is 103 Å². The third kappa shape index (κ3) is 8.61. The van der Waals surface area contributed by atoms with Crippen molar-refractivity contribution in [2.75, 3.05) is 32.8 Å². The molecule has 6 heterocycles. The molecule has 3 aromatic heterocycles. The number of halogens is 1. The van der Waals surface area contributed by atoms with Gasteiger partial charge in [-0.05, 0) is 117 Å². The highest BCUT2D eigenvalue weighted by Crippen LogP contribution is 2.45. The van der Waals surface area contributed by atoms with Gasteiger partial charge in [-0.2, -0.15) is 4.98 Å². The molecular formula is C50H56ClN7O6S. The van der Waals surface area contributed by atoms with E-state index in [0.717, 1.165) is 83.2 Å². The fourth-order valence-corrected chi connectivity index (χ4v) is 11.1. The van der Waals surface area contributed by atoms with Gasteiger partial charge in [-0.3, -0.25) is 19.0 Å². The lowest BCUT2D eigenvalue weighted by molar-refractivity contribution is -0.141. The van der Waals surface area contributed by atoms with Crippen molar-refractivity contribution in [3.05, 3.63) is 122 Å². The number of rotatable bonds is 13. The number of benzene rings is 3. The molecule has 13 nitrogen and oxygen atoms in total. The molecule has 0 bridgehead atoms. The third-order valence-electron chi connectivity index (χ3n) is 13.7. The minimum atomic E-state index is -0.825. The lowest BCUT2D eigenvalue weighted by atomic mass is 9.83. The molecule has 2 N–H and O–H groups in total. The number of aryl methyl sites for hydroxylation is 1. The highest BCUT2D eigenvalue weighted by Gasteiger charge is 2.44. The molecule has 0 unspecified atom stereocenters. The Hall–Kier alpha value is -5.41. The average Bonchev–Trinajstić information content (AvgIpc) is 4.08. The summed E-state index contributed by atoms with van der Waals surface area (Å²) in [6, 6.07) is 20.9. The van der Waals surface area contributed by atoms with E-state index in [0.29, 0.717) is 34.6 Å². The first-order valence-corrected chi connectivity index (χ1v) is 23.9. The number of carbonyl (C=O) groups excluding carboxylic acids is 2. The molecule has 0 aliphatic carbocycles. The van der Waals surface area contributed by atoms with Gasteiger partial charge in [0.2, 0.25) is 11.8 Å². The number of amides is 2. The molecule has 2 saturated heterocycles. The van der Waals surface area contributed by atoms with Crippen LogP contribution in [0.15, 0.2) is 81.6 Å². The minimum Gasteiger partial charge on any atom is -0.475 e. The first kappa shape index (κ1) is 44.8. The number of fused-ring (bicyclic) bond motifs is 5. The number of carbonyl (C=O) groups is 2. The van der Waals surface area contributed by atoms with Crippen molar-refractivity contribution in [1.82, 2.24) is 34.8 Å². The summed E-state index contributed by atoms with van der Waals surface area (Å²) in [6.07, 6.45) is 2.18. The molecule has 9 rings (SSSR count). The molecule has 4 atom stereocenters. The van der Waals surface area contributed by atoms with Crippen LogP contribution in [-0.2, 0) is 15.0 Å². The Morgan fingerprint density at radius 3 is 2.55 bits per heavy atom. The van der Waals surface area contributed by atoms with E-state index in [4.69, 9.17) is 20.9 Å². The lowest BCUT2D eigenvalue weighted by Crippen LogP contribution is -2.48. The van der Waals surface area contributed by atoms with Crippen molar-refractivity contribution >= 4 is 45.7 Å². The van der Waals surface area contributed by atoms with Crippen LogP contribution in [0.4, 0.5) is 0 Å². The Kier molecular flexibility index (Phi) is 12.5. The monoisotopic (exact) mass is 917 g/mol. The standard InChI is InChI=1S/C50H56ClN7O6S/c1-28(2)43(48(62)57-26-35(59)24-40(57)46(60)53-29(3)31-11-13-33(14-12-31)45-30(4)52-27-65-45)41-25-42(55-64-41)63-22-8-19-56-20-17-32(18-21-56)34-15-16-36-39(23-34)58-38-10-7-9-37(51)44(38)47(61)54-49(58)50(36,5)6/h7,9-16,23,25,27-29,32,35,40,43,59H,8,17-22,24,26H2,1-6H3,(H,53,60)/t29-,35+,40-,43+/m0/s1. The van der Waals surface area contributed by atoms with Crippen molar-refractivity contribution in [1.29, 1.82) is 0 Å². The zero-order valence-corrected chi connectivity index (χ0v) is 39.3. The van der Waals surface area contributed by atoms with E-state index in [1.54, 1.807) is 23.5 Å². The number of thiazole rings is 1. The third-order valence-corrected chi connectivity index (χ3v) is 15.0. The highest BCUT2D eigenvalue weighted by atomic mass is 35.5. The van der Waals surface area contributed by atoms with Gasteiger partial charge in [0, 0.05) is 25.6 Å². The van der Waals surface area contributed by atoms with Crippen LogP contribution in [0.1, 0.15) is 112 Å². The number of aromatic nitrogens is 4. The first-order valence-electron chi connectivity index (χ1n) is 22.7. The summed E-state index contributed by atoms with van der Waals surface area (Å²) in [5, 5.41) is 18.8. The van der Waals surface area contributed by atoms with Crippen LogP contribution < -0.4 is 15.6 Å². The lowest BCUT2D eigenvalue weighted by Gasteiger charge is -2.32. The van der Waals surface area contributed by atoms with Gasteiger partial charge in [0.25, 0.3) is 11.4 Å². The van der Waals surface area contributed by atoms with Gasteiger partial charge in [0.15, 0.2) is 5.76 Å². The smallest absolute Gasteiger partial charge is 0.282 e. The Balaban J connectivity index is 0.773. The SMILES string of the molecule is Cc1ncsc1-c1ccc([C@H](C)NC(=O)[C@@H]2C[C@@H](O)CN2C(=O)[C@@H](c2cc(OCCCN3CCC(c4ccc5c(c4)-n4c(nc(=O)c6c(Cl)cccc64)C5(C)C)CC3)no2)C(C)C)cc1. The van der Waals surface area contributed by atoms with Crippen LogP contribution in [-0.4, -0.2) is 91.3 Å². The number of likely N-dealkylation sites (tertiary alicyclic amines) is 2. The van der Waals surface area contributed by atoms with Crippen LogP contribution in [0.3, 0.4) is 0 Å². The van der Waals surface area contributed by atoms with Crippen LogP contribution in [0.2, 0.25) is 5.02 Å². The maximum absolute atomic E-state index is 14.2. The van der Waals surface area contributed by atoms with Gasteiger partial charge in [-0.15, -0.1) is 11.3 Å². The number of nitrogens with zero attached hydrogens (tertiary/aromatic N) is 6. The summed E-state index contributed by atoms with van der Waals surface area (Å²) in [4.78, 5) is 55.0. The second-order valence-electron chi connectivity index (χ2n) is 18.7. The molecule has 6 aromatic rings. The summed E-state index contributed by atoms with van der Waals surface area (Å²) >= 11 is 8.10.